The van der Waals surface area contributed by atoms with E-state index in [1.54, 1.807) is 11.8 Å². The summed E-state index contributed by atoms with van der Waals surface area (Å²) >= 11 is 1.70. The van der Waals surface area contributed by atoms with Crippen LogP contribution in [-0.4, -0.2) is 30.1 Å². The van der Waals surface area contributed by atoms with Gasteiger partial charge in [0.15, 0.2) is 0 Å². The molecule has 0 aromatic carbocycles. The maximum absolute atomic E-state index is 11.6. The Morgan fingerprint density at radius 2 is 2.00 bits per heavy atom. The van der Waals surface area contributed by atoms with Gasteiger partial charge in [-0.25, -0.2) is 0 Å². The van der Waals surface area contributed by atoms with Crippen LogP contribution >= 0.6 is 11.8 Å². The lowest BCUT2D eigenvalue weighted by Gasteiger charge is -2.16. The van der Waals surface area contributed by atoms with Gasteiger partial charge in [-0.3, -0.25) is 4.79 Å². The van der Waals surface area contributed by atoms with E-state index in [4.69, 9.17) is 10.5 Å². The Bertz CT molecular complexity index is 200. The smallest absolute Gasteiger partial charge is 0.323 e. The van der Waals surface area contributed by atoms with Crippen LogP contribution in [-0.2, 0) is 9.53 Å². The largest absolute Gasteiger partial charge is 0.462 e. The lowest BCUT2D eigenvalue weighted by molar-refractivity contribution is -0.150. The van der Waals surface area contributed by atoms with Crippen molar-refractivity contribution in [1.82, 2.24) is 0 Å². The zero-order valence-electron chi connectivity index (χ0n) is 11.4. The summed E-state index contributed by atoms with van der Waals surface area (Å²) in [4.78, 5) is 11.6. The van der Waals surface area contributed by atoms with Gasteiger partial charge in [0.2, 0.25) is 0 Å². The number of thioether (sulfide) groups is 1. The second kappa shape index (κ2) is 10.9. The van der Waals surface area contributed by atoms with Gasteiger partial charge < -0.3 is 10.5 Å². The highest BCUT2D eigenvalue weighted by atomic mass is 32.2. The lowest BCUT2D eigenvalue weighted by Crippen LogP contribution is -2.34. The van der Waals surface area contributed by atoms with Gasteiger partial charge in [-0.1, -0.05) is 26.2 Å². The van der Waals surface area contributed by atoms with Crippen molar-refractivity contribution in [3.8, 4) is 0 Å². The molecule has 0 bridgehead atoms. The van der Waals surface area contributed by atoms with Gasteiger partial charge in [0, 0.05) is 0 Å². The fraction of sp³-hybridized carbons (Fsp3) is 0.923. The van der Waals surface area contributed by atoms with Crippen molar-refractivity contribution in [3.63, 3.8) is 0 Å². The van der Waals surface area contributed by atoms with Gasteiger partial charge >= 0.3 is 5.97 Å². The zero-order valence-corrected chi connectivity index (χ0v) is 12.2. The third-order valence-electron chi connectivity index (χ3n) is 2.72. The Morgan fingerprint density at radius 3 is 2.59 bits per heavy atom. The Hall–Kier alpha value is -0.220. The number of carbonyl (C=O) groups excluding carboxylic acids is 1. The Balaban J connectivity index is 3.63. The van der Waals surface area contributed by atoms with Crippen LogP contribution in [0.4, 0.5) is 0 Å². The molecule has 0 aliphatic carbocycles. The average Bonchev–Trinajstić information content (AvgIpc) is 2.31. The third kappa shape index (κ3) is 9.48. The number of ether oxygens (including phenoxy) is 1. The molecule has 0 aromatic rings. The van der Waals surface area contributed by atoms with Gasteiger partial charge in [0.05, 0.1) is 6.10 Å². The van der Waals surface area contributed by atoms with E-state index in [1.807, 2.05) is 13.2 Å². The second-order valence-corrected chi connectivity index (χ2v) is 5.47. The van der Waals surface area contributed by atoms with Crippen molar-refractivity contribution in [2.24, 2.45) is 5.73 Å². The highest BCUT2D eigenvalue weighted by molar-refractivity contribution is 7.98. The molecule has 0 fully saturated rings. The fourth-order valence-electron chi connectivity index (χ4n) is 1.57. The van der Waals surface area contributed by atoms with Crippen molar-refractivity contribution < 1.29 is 9.53 Å². The van der Waals surface area contributed by atoms with Gasteiger partial charge in [-0.05, 0) is 38.2 Å². The maximum atomic E-state index is 11.6. The van der Waals surface area contributed by atoms with Gasteiger partial charge in [-0.2, -0.15) is 11.8 Å². The van der Waals surface area contributed by atoms with Crippen LogP contribution in [0.3, 0.4) is 0 Å². The molecule has 0 radical (unpaired) electrons. The lowest BCUT2D eigenvalue weighted by atomic mass is 10.1. The van der Waals surface area contributed by atoms with E-state index in [1.165, 1.54) is 19.3 Å². The van der Waals surface area contributed by atoms with E-state index >= 15 is 0 Å². The van der Waals surface area contributed by atoms with Crippen molar-refractivity contribution in [1.29, 1.82) is 0 Å². The Kier molecular flexibility index (Phi) is 10.8. The van der Waals surface area contributed by atoms with E-state index in [2.05, 4.69) is 6.92 Å². The molecule has 2 atom stereocenters. The summed E-state index contributed by atoms with van der Waals surface area (Å²) in [7, 11) is 0. The van der Waals surface area contributed by atoms with Gasteiger partial charge in [0.1, 0.15) is 6.04 Å². The number of esters is 1. The molecule has 0 rings (SSSR count). The number of nitrogens with two attached hydrogens (primary N) is 1. The molecule has 0 aliphatic heterocycles. The predicted molar refractivity (Wildman–Crippen MR) is 75.3 cm³/mol. The predicted octanol–water partition coefficient (Wildman–Crippen LogP) is 2.97. The summed E-state index contributed by atoms with van der Waals surface area (Å²) in [5.41, 5.74) is 5.74. The van der Waals surface area contributed by atoms with E-state index in [9.17, 15) is 4.79 Å². The van der Waals surface area contributed by atoms with Crippen LogP contribution in [0.5, 0.6) is 0 Å². The molecule has 0 aromatic heterocycles. The highest BCUT2D eigenvalue weighted by Gasteiger charge is 2.17. The first-order valence-corrected chi connectivity index (χ1v) is 7.96. The standard InChI is InChI=1S/C13H27NO2S/c1-4-5-6-7-8-11(2)16-13(15)12(14)9-10-17-3/h11-12H,4-10,14H2,1-3H3/t11?,12-/m1/s1. The summed E-state index contributed by atoms with van der Waals surface area (Å²) in [6.45, 7) is 4.14. The first kappa shape index (κ1) is 16.8. The van der Waals surface area contributed by atoms with E-state index in [0.717, 1.165) is 18.6 Å². The number of hydrogen-bond donors (Lipinski definition) is 1. The normalized spacial score (nSPS) is 14.4. The van der Waals surface area contributed by atoms with Crippen LogP contribution in [0, 0.1) is 0 Å². The Morgan fingerprint density at radius 1 is 1.29 bits per heavy atom. The molecule has 0 saturated heterocycles. The van der Waals surface area contributed by atoms with Crippen molar-refractivity contribution in [2.45, 2.75) is 64.5 Å². The molecule has 3 nitrogen and oxygen atoms in total. The molecule has 4 heteroatoms. The van der Waals surface area contributed by atoms with E-state index < -0.39 is 6.04 Å². The van der Waals surface area contributed by atoms with Crippen LogP contribution in [0.15, 0.2) is 0 Å². The number of carbonyl (C=O) groups is 1. The summed E-state index contributed by atoms with van der Waals surface area (Å²) in [5, 5.41) is 0. The number of rotatable bonds is 10. The van der Waals surface area contributed by atoms with Crippen molar-refractivity contribution >= 4 is 17.7 Å². The zero-order chi connectivity index (χ0) is 13.1. The summed E-state index contributed by atoms with van der Waals surface area (Å²) in [6.07, 6.45) is 8.48. The Labute approximate surface area is 110 Å². The average molecular weight is 261 g/mol. The molecular formula is C13H27NO2S. The molecule has 0 amide bonds. The van der Waals surface area contributed by atoms with E-state index in [0.29, 0.717) is 6.42 Å². The van der Waals surface area contributed by atoms with Gasteiger partial charge in [-0.15, -0.1) is 0 Å². The first-order valence-electron chi connectivity index (χ1n) is 6.56. The van der Waals surface area contributed by atoms with Crippen LogP contribution in [0.25, 0.3) is 0 Å². The maximum Gasteiger partial charge on any atom is 0.323 e. The van der Waals surface area contributed by atoms with Crippen LogP contribution < -0.4 is 5.73 Å². The topological polar surface area (TPSA) is 52.3 Å². The first-order chi connectivity index (χ1) is 8.11. The SMILES string of the molecule is CCCCCCC(C)OC(=O)[C@H](N)CCSC. The fourth-order valence-corrected chi connectivity index (χ4v) is 2.06. The number of hydrogen-bond acceptors (Lipinski definition) is 4. The molecule has 102 valence electrons. The van der Waals surface area contributed by atoms with E-state index in [-0.39, 0.29) is 12.1 Å². The monoisotopic (exact) mass is 261 g/mol. The molecule has 0 spiro atoms. The summed E-state index contributed by atoms with van der Waals surface area (Å²) in [6, 6.07) is -0.458. The minimum Gasteiger partial charge on any atom is -0.462 e. The summed E-state index contributed by atoms with van der Waals surface area (Å²) < 4.78 is 5.32. The second-order valence-electron chi connectivity index (χ2n) is 4.48. The molecular weight excluding hydrogens is 234 g/mol. The number of unbranched alkanes of at least 4 members (excludes halogenated alkanes) is 3. The highest BCUT2D eigenvalue weighted by Crippen LogP contribution is 2.09. The minimum atomic E-state index is -0.458. The van der Waals surface area contributed by atoms with Crippen LogP contribution in [0.2, 0.25) is 0 Å². The molecule has 1 unspecified atom stereocenters. The van der Waals surface area contributed by atoms with Crippen LogP contribution in [0.1, 0.15) is 52.4 Å². The minimum absolute atomic E-state index is 0.000291. The molecule has 2 N–H and O–H groups in total. The van der Waals surface area contributed by atoms with Gasteiger partial charge in [0.25, 0.3) is 0 Å². The van der Waals surface area contributed by atoms with Crippen molar-refractivity contribution in [3.05, 3.63) is 0 Å². The quantitative estimate of drug-likeness (QED) is 0.485. The molecule has 0 saturated carbocycles. The molecule has 0 aliphatic rings. The third-order valence-corrected chi connectivity index (χ3v) is 3.36. The van der Waals surface area contributed by atoms with Crippen molar-refractivity contribution in [2.75, 3.05) is 12.0 Å². The summed E-state index contributed by atoms with van der Waals surface area (Å²) in [5.74, 6) is 0.656. The molecule has 17 heavy (non-hydrogen) atoms. The molecule has 0 heterocycles.